The van der Waals surface area contributed by atoms with Gasteiger partial charge < -0.3 is 5.11 Å². The normalized spacial score (nSPS) is 10.1. The van der Waals surface area contributed by atoms with Crippen LogP contribution in [0, 0.1) is 6.92 Å². The maximum Gasteiger partial charge on any atom is 0.129 e. The first-order valence-corrected chi connectivity index (χ1v) is 5.03. The van der Waals surface area contributed by atoms with Crippen molar-refractivity contribution in [2.45, 2.75) is 17.7 Å². The van der Waals surface area contributed by atoms with E-state index in [0.717, 1.165) is 23.5 Å². The average Bonchev–Trinajstić information content (AvgIpc) is 2.09. The number of benzene rings is 1. The maximum absolute atomic E-state index is 9.37. The number of phenolic OH excluding ortho intramolecular Hbond substituents is 1. The summed E-state index contributed by atoms with van der Waals surface area (Å²) >= 11 is 1.68. The van der Waals surface area contributed by atoms with Crippen molar-refractivity contribution in [1.29, 1.82) is 0 Å². The van der Waals surface area contributed by atoms with E-state index in [9.17, 15) is 5.11 Å². The van der Waals surface area contributed by atoms with Crippen molar-refractivity contribution in [3.63, 3.8) is 0 Å². The zero-order chi connectivity index (χ0) is 8.81. The van der Waals surface area contributed by atoms with E-state index >= 15 is 0 Å². The number of para-hydroxylation sites is 1. The average molecular weight is 181 g/mol. The molecule has 0 spiro atoms. The standard InChI is InChI=1S/C10H13OS/c1-2-3-8-12-10-7-5-4-6-9(10)11/h4-7,11H,1-3,8H2. The summed E-state index contributed by atoms with van der Waals surface area (Å²) in [6.45, 7) is 3.76. The van der Waals surface area contributed by atoms with E-state index in [0.29, 0.717) is 5.75 Å². The third-order valence-electron chi connectivity index (χ3n) is 1.52. The number of rotatable bonds is 4. The fourth-order valence-electron chi connectivity index (χ4n) is 0.863. The second kappa shape index (κ2) is 5.09. The Balaban J connectivity index is 2.46. The van der Waals surface area contributed by atoms with Gasteiger partial charge in [0, 0.05) is 4.90 Å². The number of unbranched alkanes of at least 4 members (excludes halogenated alkanes) is 1. The molecule has 0 aliphatic rings. The number of aromatic hydroxyl groups is 1. The largest absolute Gasteiger partial charge is 0.507 e. The van der Waals surface area contributed by atoms with Crippen LogP contribution in [0.4, 0.5) is 0 Å². The highest BCUT2D eigenvalue weighted by Crippen LogP contribution is 2.27. The van der Waals surface area contributed by atoms with Gasteiger partial charge in [-0.15, -0.1) is 11.8 Å². The van der Waals surface area contributed by atoms with Crippen LogP contribution in [0.25, 0.3) is 0 Å². The Kier molecular flexibility index (Phi) is 4.01. The van der Waals surface area contributed by atoms with Crippen LogP contribution in [0.5, 0.6) is 5.75 Å². The summed E-state index contributed by atoms with van der Waals surface area (Å²) in [5.41, 5.74) is 0. The van der Waals surface area contributed by atoms with Crippen molar-refractivity contribution >= 4 is 11.8 Å². The summed E-state index contributed by atoms with van der Waals surface area (Å²) in [7, 11) is 0. The molecule has 0 aromatic heterocycles. The lowest BCUT2D eigenvalue weighted by atomic mass is 10.3. The molecule has 0 aliphatic carbocycles. The summed E-state index contributed by atoms with van der Waals surface area (Å²) < 4.78 is 0. The number of thioether (sulfide) groups is 1. The molecule has 12 heavy (non-hydrogen) atoms. The molecule has 1 aromatic carbocycles. The van der Waals surface area contributed by atoms with Crippen molar-refractivity contribution in [3.8, 4) is 5.75 Å². The number of hydrogen-bond donors (Lipinski definition) is 1. The molecule has 1 nitrogen and oxygen atoms in total. The molecular formula is C10H13OS. The molecule has 0 amide bonds. The predicted octanol–water partition coefficient (Wildman–Crippen LogP) is 3.10. The van der Waals surface area contributed by atoms with Crippen LogP contribution in [0.1, 0.15) is 12.8 Å². The second-order valence-corrected chi connectivity index (χ2v) is 3.66. The van der Waals surface area contributed by atoms with Crippen LogP contribution < -0.4 is 0 Å². The van der Waals surface area contributed by atoms with Gasteiger partial charge in [0.05, 0.1) is 0 Å². The second-order valence-electron chi connectivity index (χ2n) is 2.52. The van der Waals surface area contributed by atoms with Gasteiger partial charge in [0.2, 0.25) is 0 Å². The minimum Gasteiger partial charge on any atom is -0.507 e. The van der Waals surface area contributed by atoms with Gasteiger partial charge in [0.25, 0.3) is 0 Å². The fraction of sp³-hybridized carbons (Fsp3) is 0.300. The zero-order valence-electron chi connectivity index (χ0n) is 6.99. The van der Waals surface area contributed by atoms with Crippen LogP contribution in [-0.4, -0.2) is 10.9 Å². The first-order chi connectivity index (χ1) is 5.84. The van der Waals surface area contributed by atoms with E-state index in [2.05, 4.69) is 6.92 Å². The summed E-state index contributed by atoms with van der Waals surface area (Å²) in [4.78, 5) is 0.964. The van der Waals surface area contributed by atoms with Gasteiger partial charge >= 0.3 is 0 Å². The van der Waals surface area contributed by atoms with Crippen LogP contribution in [-0.2, 0) is 0 Å². The molecule has 0 saturated heterocycles. The molecule has 1 rings (SSSR count). The number of phenols is 1. The SMILES string of the molecule is [CH2]CCCSc1ccccc1O. The van der Waals surface area contributed by atoms with Gasteiger partial charge in [0.1, 0.15) is 5.75 Å². The lowest BCUT2D eigenvalue weighted by molar-refractivity contribution is 0.462. The fourth-order valence-corrected chi connectivity index (χ4v) is 1.82. The minimum atomic E-state index is 0.381. The molecule has 0 heterocycles. The van der Waals surface area contributed by atoms with E-state index < -0.39 is 0 Å². The molecule has 0 saturated carbocycles. The Morgan fingerprint density at radius 3 is 2.75 bits per heavy atom. The predicted molar refractivity (Wildman–Crippen MR) is 53.4 cm³/mol. The molecular weight excluding hydrogens is 168 g/mol. The molecule has 65 valence electrons. The first-order valence-electron chi connectivity index (χ1n) is 4.04. The van der Waals surface area contributed by atoms with Gasteiger partial charge in [0.15, 0.2) is 0 Å². The summed E-state index contributed by atoms with van der Waals surface area (Å²) in [5.74, 6) is 1.41. The van der Waals surface area contributed by atoms with E-state index in [1.807, 2.05) is 18.2 Å². The van der Waals surface area contributed by atoms with Gasteiger partial charge in [-0.1, -0.05) is 25.5 Å². The monoisotopic (exact) mass is 181 g/mol. The van der Waals surface area contributed by atoms with E-state index in [1.54, 1.807) is 17.8 Å². The molecule has 0 atom stereocenters. The first kappa shape index (κ1) is 9.46. The summed E-state index contributed by atoms with van der Waals surface area (Å²) in [6, 6.07) is 7.42. The van der Waals surface area contributed by atoms with Crippen LogP contribution in [0.15, 0.2) is 29.2 Å². The van der Waals surface area contributed by atoms with Crippen molar-refractivity contribution in [1.82, 2.24) is 0 Å². The zero-order valence-corrected chi connectivity index (χ0v) is 7.81. The molecule has 0 aliphatic heterocycles. The Labute approximate surface area is 77.8 Å². The van der Waals surface area contributed by atoms with Crippen molar-refractivity contribution in [2.24, 2.45) is 0 Å². The van der Waals surface area contributed by atoms with E-state index in [1.165, 1.54) is 0 Å². The molecule has 0 unspecified atom stereocenters. The van der Waals surface area contributed by atoms with Gasteiger partial charge in [-0.3, -0.25) is 0 Å². The molecule has 2 heteroatoms. The minimum absolute atomic E-state index is 0.381. The van der Waals surface area contributed by atoms with Gasteiger partial charge in [-0.25, -0.2) is 0 Å². The smallest absolute Gasteiger partial charge is 0.129 e. The highest BCUT2D eigenvalue weighted by atomic mass is 32.2. The number of hydrogen-bond acceptors (Lipinski definition) is 2. The summed E-state index contributed by atoms with van der Waals surface area (Å²) in [5, 5.41) is 9.37. The molecule has 1 radical (unpaired) electrons. The highest BCUT2D eigenvalue weighted by Gasteiger charge is 1.98. The van der Waals surface area contributed by atoms with Crippen molar-refractivity contribution in [3.05, 3.63) is 31.2 Å². The highest BCUT2D eigenvalue weighted by molar-refractivity contribution is 7.99. The third-order valence-corrected chi connectivity index (χ3v) is 2.67. The van der Waals surface area contributed by atoms with Crippen molar-refractivity contribution < 1.29 is 5.11 Å². The Hall–Kier alpha value is -0.630. The van der Waals surface area contributed by atoms with E-state index in [-0.39, 0.29) is 0 Å². The van der Waals surface area contributed by atoms with Crippen LogP contribution >= 0.6 is 11.8 Å². The molecule has 0 fully saturated rings. The maximum atomic E-state index is 9.37. The third kappa shape index (κ3) is 2.78. The molecule has 1 aromatic rings. The quantitative estimate of drug-likeness (QED) is 0.569. The Morgan fingerprint density at radius 1 is 1.33 bits per heavy atom. The van der Waals surface area contributed by atoms with Crippen LogP contribution in [0.2, 0.25) is 0 Å². The Morgan fingerprint density at radius 2 is 2.08 bits per heavy atom. The van der Waals surface area contributed by atoms with Gasteiger partial charge in [-0.05, 0) is 24.3 Å². The molecule has 1 N–H and O–H groups in total. The topological polar surface area (TPSA) is 20.2 Å². The van der Waals surface area contributed by atoms with E-state index in [4.69, 9.17) is 0 Å². The lowest BCUT2D eigenvalue weighted by Gasteiger charge is -2.01. The Bertz CT molecular complexity index is 235. The summed E-state index contributed by atoms with van der Waals surface area (Å²) in [6.07, 6.45) is 2.06. The van der Waals surface area contributed by atoms with Crippen LogP contribution in [0.3, 0.4) is 0 Å². The lowest BCUT2D eigenvalue weighted by Crippen LogP contribution is -1.78. The van der Waals surface area contributed by atoms with Gasteiger partial charge in [-0.2, -0.15) is 0 Å². The van der Waals surface area contributed by atoms with Crippen molar-refractivity contribution in [2.75, 3.05) is 5.75 Å². The molecule has 0 bridgehead atoms.